The van der Waals surface area contributed by atoms with Crippen LogP contribution >= 0.6 is 15.9 Å². The maximum absolute atomic E-state index is 5.46. The number of methoxy groups -OCH3 is 1. The van der Waals surface area contributed by atoms with Crippen molar-refractivity contribution in [3.8, 4) is 0 Å². The number of halogens is 1. The molecule has 0 N–H and O–H groups in total. The molecule has 3 heteroatoms. The summed E-state index contributed by atoms with van der Waals surface area (Å²) < 4.78 is 10.4. The van der Waals surface area contributed by atoms with Crippen LogP contribution in [0.3, 0.4) is 0 Å². The van der Waals surface area contributed by atoms with Crippen LogP contribution in [0.1, 0.15) is 39.5 Å². The average molecular weight is 281 g/mol. The van der Waals surface area contributed by atoms with Crippen LogP contribution in [0.5, 0.6) is 0 Å². The highest BCUT2D eigenvalue weighted by molar-refractivity contribution is 9.09. The molecule has 0 aromatic carbocycles. The fourth-order valence-corrected chi connectivity index (χ4v) is 2.73. The molecule has 0 bridgehead atoms. The molecule has 0 radical (unpaired) electrons. The lowest BCUT2D eigenvalue weighted by Crippen LogP contribution is -2.21. The second-order valence-corrected chi connectivity index (χ2v) is 4.61. The Morgan fingerprint density at radius 1 is 1.07 bits per heavy atom. The minimum atomic E-state index is 0.477. The second-order valence-electron chi connectivity index (χ2n) is 4.05. The van der Waals surface area contributed by atoms with Gasteiger partial charge in [0.1, 0.15) is 0 Å². The molecule has 0 atom stereocenters. The summed E-state index contributed by atoms with van der Waals surface area (Å²) in [5.41, 5.74) is 0.477. The molecule has 0 spiro atoms. The molecule has 15 heavy (non-hydrogen) atoms. The quantitative estimate of drug-likeness (QED) is 0.449. The van der Waals surface area contributed by atoms with E-state index in [0.717, 1.165) is 25.0 Å². The minimum Gasteiger partial charge on any atom is -0.382 e. The molecule has 0 heterocycles. The summed E-state index contributed by atoms with van der Waals surface area (Å²) in [7, 11) is 1.70. The van der Waals surface area contributed by atoms with Crippen molar-refractivity contribution >= 4 is 15.9 Å². The summed E-state index contributed by atoms with van der Waals surface area (Å²) >= 11 is 3.63. The maximum atomic E-state index is 5.46. The van der Waals surface area contributed by atoms with Crippen molar-refractivity contribution in [2.75, 3.05) is 32.3 Å². The van der Waals surface area contributed by atoms with Gasteiger partial charge in [-0.05, 0) is 31.1 Å². The van der Waals surface area contributed by atoms with Crippen LogP contribution in [-0.2, 0) is 9.47 Å². The lowest BCUT2D eigenvalue weighted by atomic mass is 9.80. The summed E-state index contributed by atoms with van der Waals surface area (Å²) in [5, 5.41) is 1.10. The highest BCUT2D eigenvalue weighted by Crippen LogP contribution is 2.33. The lowest BCUT2D eigenvalue weighted by Gasteiger charge is -2.29. The molecule has 0 aliphatic carbocycles. The summed E-state index contributed by atoms with van der Waals surface area (Å²) in [6.07, 6.45) is 4.88. The van der Waals surface area contributed by atoms with Gasteiger partial charge in [-0.3, -0.25) is 0 Å². The van der Waals surface area contributed by atoms with Gasteiger partial charge in [-0.2, -0.15) is 0 Å². The van der Waals surface area contributed by atoms with E-state index >= 15 is 0 Å². The fourth-order valence-electron chi connectivity index (χ4n) is 1.65. The van der Waals surface area contributed by atoms with Gasteiger partial charge in [0.05, 0.1) is 13.2 Å². The zero-order valence-electron chi connectivity index (χ0n) is 10.4. The molecule has 92 valence electrons. The van der Waals surface area contributed by atoms with Gasteiger partial charge in [-0.25, -0.2) is 0 Å². The SMILES string of the molecule is CCC(CC)(CBr)CCCOCCOC. The fraction of sp³-hybridized carbons (Fsp3) is 1.00. The van der Waals surface area contributed by atoms with E-state index in [1.807, 2.05) is 0 Å². The van der Waals surface area contributed by atoms with Crippen LogP contribution in [0, 0.1) is 5.41 Å². The molecule has 0 unspecified atom stereocenters. The number of hydrogen-bond acceptors (Lipinski definition) is 2. The zero-order chi connectivity index (χ0) is 11.6. The number of hydrogen-bond donors (Lipinski definition) is 0. The highest BCUT2D eigenvalue weighted by Gasteiger charge is 2.23. The summed E-state index contributed by atoms with van der Waals surface area (Å²) in [5.74, 6) is 0. The zero-order valence-corrected chi connectivity index (χ0v) is 11.9. The normalized spacial score (nSPS) is 12.0. The van der Waals surface area contributed by atoms with Crippen molar-refractivity contribution in [3.05, 3.63) is 0 Å². The van der Waals surface area contributed by atoms with Crippen molar-refractivity contribution in [1.82, 2.24) is 0 Å². The third kappa shape index (κ3) is 6.54. The van der Waals surface area contributed by atoms with Crippen LogP contribution in [-0.4, -0.2) is 32.3 Å². The van der Waals surface area contributed by atoms with Crippen molar-refractivity contribution in [2.45, 2.75) is 39.5 Å². The molecule has 0 aromatic rings. The van der Waals surface area contributed by atoms with Gasteiger partial charge < -0.3 is 9.47 Å². The Morgan fingerprint density at radius 2 is 1.73 bits per heavy atom. The first kappa shape index (κ1) is 15.4. The highest BCUT2D eigenvalue weighted by atomic mass is 79.9. The van der Waals surface area contributed by atoms with Gasteiger partial charge in [-0.15, -0.1) is 0 Å². The van der Waals surface area contributed by atoms with Crippen molar-refractivity contribution in [2.24, 2.45) is 5.41 Å². The van der Waals surface area contributed by atoms with Gasteiger partial charge in [0.2, 0.25) is 0 Å². The summed E-state index contributed by atoms with van der Waals surface area (Å²) in [6.45, 7) is 6.83. The first-order chi connectivity index (χ1) is 7.24. The van der Waals surface area contributed by atoms with Crippen LogP contribution in [0.4, 0.5) is 0 Å². The predicted octanol–water partition coefficient (Wildman–Crippen LogP) is 3.63. The molecule has 0 aliphatic heterocycles. The van der Waals surface area contributed by atoms with Crippen molar-refractivity contribution in [1.29, 1.82) is 0 Å². The first-order valence-electron chi connectivity index (χ1n) is 5.87. The van der Waals surface area contributed by atoms with E-state index in [1.165, 1.54) is 19.3 Å². The molecular formula is C12H25BrO2. The standard InChI is InChI=1S/C12H25BrO2/c1-4-12(5-2,11-13)7-6-8-15-10-9-14-3/h4-11H2,1-3H3. The Hall–Kier alpha value is 0.400. The summed E-state index contributed by atoms with van der Waals surface area (Å²) in [6, 6.07) is 0. The van der Waals surface area contributed by atoms with E-state index in [4.69, 9.17) is 9.47 Å². The Kier molecular flexibility index (Phi) is 9.87. The first-order valence-corrected chi connectivity index (χ1v) is 6.99. The van der Waals surface area contributed by atoms with Crippen LogP contribution < -0.4 is 0 Å². The molecule has 0 saturated heterocycles. The van der Waals surface area contributed by atoms with Gasteiger partial charge in [0.15, 0.2) is 0 Å². The van der Waals surface area contributed by atoms with Crippen LogP contribution in [0.2, 0.25) is 0 Å². The third-order valence-corrected chi connectivity index (χ3v) is 4.40. The average Bonchev–Trinajstić information content (AvgIpc) is 2.29. The molecular weight excluding hydrogens is 256 g/mol. The van der Waals surface area contributed by atoms with Crippen molar-refractivity contribution in [3.63, 3.8) is 0 Å². The maximum Gasteiger partial charge on any atom is 0.0700 e. The number of ether oxygens (including phenoxy) is 2. The van der Waals surface area contributed by atoms with E-state index in [9.17, 15) is 0 Å². The lowest BCUT2D eigenvalue weighted by molar-refractivity contribution is 0.0639. The van der Waals surface area contributed by atoms with E-state index in [1.54, 1.807) is 7.11 Å². The predicted molar refractivity (Wildman–Crippen MR) is 68.7 cm³/mol. The Labute approximate surface area is 103 Å². The molecule has 0 aromatic heterocycles. The van der Waals surface area contributed by atoms with Gasteiger partial charge in [0.25, 0.3) is 0 Å². The minimum absolute atomic E-state index is 0.477. The van der Waals surface area contributed by atoms with Crippen LogP contribution in [0.25, 0.3) is 0 Å². The molecule has 0 amide bonds. The van der Waals surface area contributed by atoms with Crippen molar-refractivity contribution < 1.29 is 9.47 Å². The largest absolute Gasteiger partial charge is 0.382 e. The molecule has 0 rings (SSSR count). The van der Waals surface area contributed by atoms with E-state index in [0.29, 0.717) is 12.0 Å². The van der Waals surface area contributed by atoms with Gasteiger partial charge in [-0.1, -0.05) is 29.8 Å². The van der Waals surface area contributed by atoms with Gasteiger partial charge in [0, 0.05) is 19.0 Å². The second kappa shape index (κ2) is 9.61. The number of alkyl halides is 1. The molecule has 0 aliphatic rings. The smallest absolute Gasteiger partial charge is 0.0700 e. The third-order valence-electron chi connectivity index (χ3n) is 3.21. The van der Waals surface area contributed by atoms with E-state index in [2.05, 4.69) is 29.8 Å². The number of rotatable bonds is 10. The molecule has 0 fully saturated rings. The Morgan fingerprint density at radius 3 is 2.20 bits per heavy atom. The Bertz CT molecular complexity index is 127. The monoisotopic (exact) mass is 280 g/mol. The molecule has 0 saturated carbocycles. The van der Waals surface area contributed by atoms with Crippen LogP contribution in [0.15, 0.2) is 0 Å². The van der Waals surface area contributed by atoms with Gasteiger partial charge >= 0.3 is 0 Å². The molecule has 2 nitrogen and oxygen atoms in total. The summed E-state index contributed by atoms with van der Waals surface area (Å²) in [4.78, 5) is 0. The topological polar surface area (TPSA) is 18.5 Å². The van der Waals surface area contributed by atoms with E-state index in [-0.39, 0.29) is 0 Å². The Balaban J connectivity index is 3.54. The van der Waals surface area contributed by atoms with E-state index < -0.39 is 0 Å².